The van der Waals surface area contributed by atoms with Crippen LogP contribution in [0.15, 0.2) is 42.7 Å². The van der Waals surface area contributed by atoms with Crippen LogP contribution in [-0.2, 0) is 13.0 Å². The first-order valence-electron chi connectivity index (χ1n) is 10.2. The van der Waals surface area contributed by atoms with E-state index in [4.69, 9.17) is 11.2 Å². The number of hydrogen-bond acceptors (Lipinski definition) is 6. The monoisotopic (exact) mass is 443 g/mol. The number of nitrogens with one attached hydrogen (secondary N) is 1. The minimum absolute atomic E-state index is 0.0800. The van der Waals surface area contributed by atoms with Gasteiger partial charge in [0.1, 0.15) is 5.75 Å². The van der Waals surface area contributed by atoms with Crippen LogP contribution >= 0.6 is 0 Å². The van der Waals surface area contributed by atoms with Gasteiger partial charge in [0.15, 0.2) is 0 Å². The van der Waals surface area contributed by atoms with Crippen LogP contribution in [0.5, 0.6) is 5.75 Å². The van der Waals surface area contributed by atoms with Gasteiger partial charge in [0.25, 0.3) is 0 Å². The predicted molar refractivity (Wildman–Crippen MR) is 122 cm³/mol. The summed E-state index contributed by atoms with van der Waals surface area (Å²) in [5.41, 5.74) is 3.88. The molecule has 0 aliphatic carbocycles. The Morgan fingerprint density at radius 2 is 2.21 bits per heavy atom. The van der Waals surface area contributed by atoms with Crippen molar-refractivity contribution in [2.75, 3.05) is 12.4 Å². The van der Waals surface area contributed by atoms with Gasteiger partial charge in [0.05, 0.1) is 34.5 Å². The molecule has 1 N–H and O–H groups in total. The molecule has 164 valence electrons. The van der Waals surface area contributed by atoms with Crippen molar-refractivity contribution in [3.63, 3.8) is 0 Å². The number of aromatic nitrogens is 3. The molecule has 0 unspecified atom stereocenters. The van der Waals surface area contributed by atoms with Gasteiger partial charge < -0.3 is 14.6 Å². The van der Waals surface area contributed by atoms with Gasteiger partial charge in [-0.1, -0.05) is 24.1 Å². The summed E-state index contributed by atoms with van der Waals surface area (Å²) in [5.74, 6) is 1.86. The van der Waals surface area contributed by atoms with E-state index in [1.54, 1.807) is 0 Å². The zero-order chi connectivity index (χ0) is 23.1. The number of nitrogens with zero attached hydrogens (tertiary/aromatic N) is 4. The van der Waals surface area contributed by atoms with E-state index in [2.05, 4.69) is 31.8 Å². The second-order valence-electron chi connectivity index (χ2n) is 7.64. The van der Waals surface area contributed by atoms with Gasteiger partial charge in [0.2, 0.25) is 11.8 Å². The number of halogens is 1. The summed E-state index contributed by atoms with van der Waals surface area (Å²) < 4.78 is 21.4. The van der Waals surface area contributed by atoms with Gasteiger partial charge in [0, 0.05) is 42.0 Å². The highest BCUT2D eigenvalue weighted by molar-refractivity contribution is 5.98. The number of nitro benzene ring substituents is 1. The van der Waals surface area contributed by atoms with Crippen LogP contribution in [-0.4, -0.2) is 26.6 Å². The molecule has 0 saturated carbocycles. The van der Waals surface area contributed by atoms with Crippen LogP contribution in [0.3, 0.4) is 0 Å². The Hall–Kier alpha value is -4.45. The zero-order valence-electron chi connectivity index (χ0n) is 17.6. The average Bonchev–Trinajstić information content (AvgIpc) is 3.20. The Bertz CT molecular complexity index is 1470. The molecular weight excluding hydrogens is 425 g/mol. The fourth-order valence-electron chi connectivity index (χ4n) is 4.27. The molecule has 0 spiro atoms. The summed E-state index contributed by atoms with van der Waals surface area (Å²) in [6, 6.07) is 8.19. The Morgan fingerprint density at radius 1 is 1.36 bits per heavy atom. The molecule has 0 atom stereocenters. The van der Waals surface area contributed by atoms with E-state index in [9.17, 15) is 14.5 Å². The first kappa shape index (κ1) is 20.5. The molecule has 2 aromatic heterocycles. The molecular formula is C24H18FN5O3. The third kappa shape index (κ3) is 3.42. The molecule has 8 nitrogen and oxygen atoms in total. The molecule has 0 radical (unpaired) electrons. The summed E-state index contributed by atoms with van der Waals surface area (Å²) in [5, 5.41) is 15.1. The largest absolute Gasteiger partial charge is 0.494 e. The van der Waals surface area contributed by atoms with Crippen molar-refractivity contribution in [3.8, 4) is 29.4 Å². The highest BCUT2D eigenvalue weighted by Crippen LogP contribution is 2.37. The van der Waals surface area contributed by atoms with Crippen LogP contribution < -0.4 is 10.1 Å². The number of rotatable bonds is 5. The number of aryl methyl sites for hydroxylation is 2. The zero-order valence-corrected chi connectivity index (χ0v) is 17.6. The second-order valence-corrected chi connectivity index (χ2v) is 7.64. The third-order valence-electron chi connectivity index (χ3n) is 5.74. The molecule has 5 rings (SSSR count). The second kappa shape index (κ2) is 7.91. The molecule has 2 aromatic carbocycles. The highest BCUT2D eigenvalue weighted by atomic mass is 19.1. The van der Waals surface area contributed by atoms with E-state index in [-0.39, 0.29) is 17.4 Å². The lowest BCUT2D eigenvalue weighted by atomic mass is 10.0. The van der Waals surface area contributed by atoms with Crippen LogP contribution in [0.4, 0.5) is 21.7 Å². The molecule has 0 amide bonds. The summed E-state index contributed by atoms with van der Waals surface area (Å²) in [4.78, 5) is 19.3. The van der Waals surface area contributed by atoms with Crippen molar-refractivity contribution in [3.05, 3.63) is 69.8 Å². The summed E-state index contributed by atoms with van der Waals surface area (Å²) in [6.07, 6.45) is 11.4. The molecule has 1 aliphatic heterocycles. The fourth-order valence-corrected chi connectivity index (χ4v) is 4.27. The summed E-state index contributed by atoms with van der Waals surface area (Å²) >= 11 is 0. The van der Waals surface area contributed by atoms with Crippen molar-refractivity contribution in [1.29, 1.82) is 0 Å². The molecule has 4 aromatic rings. The first-order valence-corrected chi connectivity index (χ1v) is 10.2. The van der Waals surface area contributed by atoms with Crippen molar-refractivity contribution in [2.24, 2.45) is 0 Å². The molecule has 0 saturated heterocycles. The quantitative estimate of drug-likeness (QED) is 0.270. The van der Waals surface area contributed by atoms with Crippen molar-refractivity contribution in [1.82, 2.24) is 14.5 Å². The number of nitro groups is 1. The normalized spacial score (nSPS) is 12.4. The SMILES string of the molecule is C#Cc1cnc(Nc2cc([N+](=O)[O-])c(F)cc2OC)nc1-c1cn2c3c(cccc13)CCC2. The van der Waals surface area contributed by atoms with Crippen molar-refractivity contribution in [2.45, 2.75) is 19.4 Å². The number of methoxy groups -OCH3 is 1. The number of benzene rings is 2. The summed E-state index contributed by atoms with van der Waals surface area (Å²) in [6.45, 7) is 0.908. The lowest BCUT2D eigenvalue weighted by Gasteiger charge is -2.14. The molecule has 33 heavy (non-hydrogen) atoms. The minimum atomic E-state index is -0.999. The standard InChI is InChI=1S/C24H18FN5O3/c1-3-14-12-26-24(27-19-11-20(30(31)32)18(25)10-21(19)33-2)28-22(14)17-13-29-9-5-7-15-6-4-8-16(17)23(15)29/h1,4,6,8,10-13H,5,7,9H2,2H3,(H,26,27,28). The Kier molecular flexibility index (Phi) is 4.90. The third-order valence-corrected chi connectivity index (χ3v) is 5.74. The van der Waals surface area contributed by atoms with Crippen LogP contribution in [0, 0.1) is 28.3 Å². The summed E-state index contributed by atoms with van der Waals surface area (Å²) in [7, 11) is 1.34. The van der Waals surface area contributed by atoms with Gasteiger partial charge >= 0.3 is 5.69 Å². The molecule has 1 aliphatic rings. The topological polar surface area (TPSA) is 95.1 Å². The van der Waals surface area contributed by atoms with Crippen molar-refractivity contribution < 1.29 is 14.1 Å². The van der Waals surface area contributed by atoms with Gasteiger partial charge in [-0.25, -0.2) is 9.97 Å². The maximum atomic E-state index is 14.0. The minimum Gasteiger partial charge on any atom is -0.494 e. The smallest absolute Gasteiger partial charge is 0.307 e. The number of para-hydroxylation sites is 1. The maximum absolute atomic E-state index is 14.0. The van der Waals surface area contributed by atoms with Crippen LogP contribution in [0.1, 0.15) is 17.5 Å². The highest BCUT2D eigenvalue weighted by Gasteiger charge is 2.22. The average molecular weight is 443 g/mol. The van der Waals surface area contributed by atoms with Gasteiger partial charge in [-0.05, 0) is 18.4 Å². The van der Waals surface area contributed by atoms with Crippen LogP contribution in [0.2, 0.25) is 0 Å². The van der Waals surface area contributed by atoms with E-state index >= 15 is 0 Å². The number of hydrogen-bond donors (Lipinski definition) is 1. The molecule has 9 heteroatoms. The number of ether oxygens (including phenoxy) is 1. The van der Waals surface area contributed by atoms with E-state index in [0.29, 0.717) is 11.3 Å². The first-order chi connectivity index (χ1) is 16.0. The maximum Gasteiger partial charge on any atom is 0.307 e. The van der Waals surface area contributed by atoms with E-state index < -0.39 is 16.4 Å². The van der Waals surface area contributed by atoms with E-state index in [1.165, 1.54) is 24.4 Å². The molecule has 0 fully saturated rings. The lowest BCUT2D eigenvalue weighted by Crippen LogP contribution is -2.05. The van der Waals surface area contributed by atoms with E-state index in [0.717, 1.165) is 42.5 Å². The van der Waals surface area contributed by atoms with Gasteiger partial charge in [-0.3, -0.25) is 10.1 Å². The Labute approximate surface area is 188 Å². The molecule has 0 bridgehead atoms. The molecule has 3 heterocycles. The van der Waals surface area contributed by atoms with Gasteiger partial charge in [-0.15, -0.1) is 6.42 Å². The Morgan fingerprint density at radius 3 is 2.97 bits per heavy atom. The number of anilines is 2. The van der Waals surface area contributed by atoms with Crippen molar-refractivity contribution >= 4 is 28.2 Å². The number of terminal acetylenes is 1. The fraction of sp³-hybridized carbons (Fsp3) is 0.167. The lowest BCUT2D eigenvalue weighted by molar-refractivity contribution is -0.387. The Balaban J connectivity index is 1.63. The van der Waals surface area contributed by atoms with Gasteiger partial charge in [-0.2, -0.15) is 4.39 Å². The predicted octanol–water partition coefficient (Wildman–Crippen LogP) is 4.83. The van der Waals surface area contributed by atoms with Crippen LogP contribution in [0.25, 0.3) is 22.2 Å². The van der Waals surface area contributed by atoms with E-state index in [1.807, 2.05) is 18.3 Å².